The molecule has 0 saturated carbocycles. The van der Waals surface area contributed by atoms with E-state index in [-0.39, 0.29) is 0 Å². The van der Waals surface area contributed by atoms with Crippen molar-refractivity contribution in [1.29, 1.82) is 10.5 Å². The average Bonchev–Trinajstić information content (AvgIpc) is 3.51. The molecule has 5 heterocycles. The van der Waals surface area contributed by atoms with Gasteiger partial charge in [-0.25, -0.2) is 0 Å². The summed E-state index contributed by atoms with van der Waals surface area (Å²) in [4.78, 5) is 8.59. The van der Waals surface area contributed by atoms with Crippen molar-refractivity contribution in [3.05, 3.63) is 77.3 Å². The van der Waals surface area contributed by atoms with Crippen LogP contribution in [0.4, 0.5) is 0 Å². The molecule has 5 aromatic heterocycles. The molecule has 0 aliphatic heterocycles. The summed E-state index contributed by atoms with van der Waals surface area (Å²) in [6, 6.07) is 17.4. The monoisotopic (exact) mass is 478 g/mol. The molecular weight excluding hydrogens is 465 g/mol. The van der Waals surface area contributed by atoms with E-state index in [1.807, 2.05) is 40.2 Å². The molecule has 0 bridgehead atoms. The van der Waals surface area contributed by atoms with E-state index >= 15 is 0 Å². The quantitative estimate of drug-likeness (QED) is 0.256. The molecule has 0 atom stereocenters. The molecule has 0 saturated heterocycles. The standard InChI is InChI=1S/C23H14N2S5/c1-13-2-3-18(27-13)21-6-15(12-25)20(30-21)8-17-10-23-22(29-17)9-16(28-23)7-19-14(11-24)4-5-26-19/h2-6,9-10H,7-8H2,1H3. The zero-order valence-electron chi connectivity index (χ0n) is 15.9. The fraction of sp³-hybridized carbons (Fsp3) is 0.130. The molecule has 0 aromatic carbocycles. The van der Waals surface area contributed by atoms with E-state index in [4.69, 9.17) is 0 Å². The minimum Gasteiger partial charge on any atom is -0.192 e. The molecule has 0 fully saturated rings. The van der Waals surface area contributed by atoms with Crippen molar-refractivity contribution in [2.24, 2.45) is 0 Å². The first kappa shape index (κ1) is 19.7. The number of aryl methyl sites for hydroxylation is 1. The highest BCUT2D eigenvalue weighted by atomic mass is 32.1. The Labute approximate surface area is 194 Å². The van der Waals surface area contributed by atoms with Gasteiger partial charge in [-0.3, -0.25) is 0 Å². The lowest BCUT2D eigenvalue weighted by molar-refractivity contribution is 1.29. The topological polar surface area (TPSA) is 47.6 Å². The van der Waals surface area contributed by atoms with Gasteiger partial charge in [0.15, 0.2) is 0 Å². The second-order valence-corrected chi connectivity index (χ2v) is 12.6. The predicted molar refractivity (Wildman–Crippen MR) is 131 cm³/mol. The van der Waals surface area contributed by atoms with Crippen LogP contribution in [0.3, 0.4) is 0 Å². The highest BCUT2D eigenvalue weighted by Gasteiger charge is 2.15. The van der Waals surface area contributed by atoms with Crippen LogP contribution < -0.4 is 0 Å². The van der Waals surface area contributed by atoms with Crippen LogP contribution in [0, 0.1) is 29.6 Å². The van der Waals surface area contributed by atoms with Gasteiger partial charge < -0.3 is 0 Å². The first-order valence-electron chi connectivity index (χ1n) is 9.20. The molecule has 5 rings (SSSR count). The largest absolute Gasteiger partial charge is 0.192 e. The predicted octanol–water partition coefficient (Wildman–Crippen LogP) is 8.05. The number of hydrogen-bond donors (Lipinski definition) is 0. The summed E-state index contributed by atoms with van der Waals surface area (Å²) in [6.07, 6.45) is 1.64. The summed E-state index contributed by atoms with van der Waals surface area (Å²) in [5.74, 6) is 0. The summed E-state index contributed by atoms with van der Waals surface area (Å²) in [5.41, 5.74) is 1.58. The third-order valence-electron chi connectivity index (χ3n) is 4.76. The molecule has 146 valence electrons. The summed E-state index contributed by atoms with van der Waals surface area (Å²) in [6.45, 7) is 2.11. The van der Waals surface area contributed by atoms with Gasteiger partial charge >= 0.3 is 0 Å². The Morgan fingerprint density at radius 2 is 1.43 bits per heavy atom. The molecule has 2 nitrogen and oxygen atoms in total. The van der Waals surface area contributed by atoms with Crippen LogP contribution in [0.2, 0.25) is 0 Å². The first-order chi connectivity index (χ1) is 14.6. The minimum absolute atomic E-state index is 0.788. The SMILES string of the molecule is Cc1ccc(-c2cc(C#N)c(Cc3cc4sc(Cc5sccc5C#N)cc4s3)s2)s1. The van der Waals surface area contributed by atoms with Crippen LogP contribution >= 0.6 is 56.7 Å². The number of hydrogen-bond acceptors (Lipinski definition) is 7. The fourth-order valence-electron chi connectivity index (χ4n) is 3.35. The molecule has 0 unspecified atom stereocenters. The van der Waals surface area contributed by atoms with Crippen molar-refractivity contribution < 1.29 is 0 Å². The van der Waals surface area contributed by atoms with E-state index in [0.29, 0.717) is 0 Å². The molecule has 0 aliphatic carbocycles. The molecular formula is C23H14N2S5. The maximum absolute atomic E-state index is 9.61. The molecule has 5 aromatic rings. The van der Waals surface area contributed by atoms with Crippen LogP contribution in [-0.2, 0) is 12.8 Å². The molecule has 0 aliphatic rings. The van der Waals surface area contributed by atoms with Gasteiger partial charge in [-0.2, -0.15) is 10.5 Å². The van der Waals surface area contributed by atoms with Gasteiger partial charge in [0.1, 0.15) is 12.1 Å². The molecule has 0 N–H and O–H groups in total. The number of fused-ring (bicyclic) bond motifs is 1. The summed E-state index contributed by atoms with van der Waals surface area (Å²) >= 11 is 8.79. The van der Waals surface area contributed by atoms with Crippen molar-refractivity contribution in [1.82, 2.24) is 0 Å². The molecule has 30 heavy (non-hydrogen) atoms. The van der Waals surface area contributed by atoms with Gasteiger partial charge in [0.2, 0.25) is 0 Å². The van der Waals surface area contributed by atoms with Gasteiger partial charge in [-0.1, -0.05) is 0 Å². The number of thiophene rings is 5. The van der Waals surface area contributed by atoms with E-state index in [2.05, 4.69) is 43.3 Å². The average molecular weight is 479 g/mol. The Morgan fingerprint density at radius 1 is 0.733 bits per heavy atom. The van der Waals surface area contributed by atoms with Crippen molar-refractivity contribution in [3.8, 4) is 21.9 Å². The maximum atomic E-state index is 9.61. The Bertz CT molecular complexity index is 1410. The summed E-state index contributed by atoms with van der Waals surface area (Å²) in [7, 11) is 0. The second-order valence-electron chi connectivity index (χ2n) is 6.85. The van der Waals surface area contributed by atoms with E-state index in [1.54, 1.807) is 34.0 Å². The van der Waals surface area contributed by atoms with Gasteiger partial charge in [0, 0.05) is 56.4 Å². The third kappa shape index (κ3) is 3.76. The third-order valence-corrected chi connectivity index (χ3v) is 10.3. The summed E-state index contributed by atoms with van der Waals surface area (Å²) in [5, 5.41) is 20.8. The zero-order chi connectivity index (χ0) is 20.7. The molecule has 0 amide bonds. The summed E-state index contributed by atoms with van der Waals surface area (Å²) < 4.78 is 2.59. The molecule has 0 radical (unpaired) electrons. The van der Waals surface area contributed by atoms with Gasteiger partial charge in [0.25, 0.3) is 0 Å². The van der Waals surface area contributed by atoms with Crippen LogP contribution in [0.25, 0.3) is 19.2 Å². The maximum Gasteiger partial charge on any atom is 0.100 e. The molecule has 7 heteroatoms. The minimum atomic E-state index is 0.788. The van der Waals surface area contributed by atoms with Gasteiger partial charge in [0.05, 0.1) is 11.1 Å². The number of rotatable bonds is 5. The van der Waals surface area contributed by atoms with Crippen molar-refractivity contribution >= 4 is 66.1 Å². The zero-order valence-corrected chi connectivity index (χ0v) is 20.0. The van der Waals surface area contributed by atoms with E-state index in [1.165, 1.54) is 33.8 Å². The highest BCUT2D eigenvalue weighted by Crippen LogP contribution is 2.39. The normalized spacial score (nSPS) is 11.0. The Hall–Kier alpha value is -2.26. The van der Waals surface area contributed by atoms with Gasteiger partial charge in [-0.15, -0.1) is 56.7 Å². The molecule has 0 spiro atoms. The van der Waals surface area contributed by atoms with Crippen LogP contribution in [0.1, 0.15) is 35.5 Å². The Morgan fingerprint density at radius 3 is 2.07 bits per heavy atom. The van der Waals surface area contributed by atoms with Crippen molar-refractivity contribution in [2.75, 3.05) is 0 Å². The lowest BCUT2D eigenvalue weighted by Crippen LogP contribution is -1.83. The number of nitrogens with zero attached hydrogens (tertiary/aromatic N) is 2. The van der Waals surface area contributed by atoms with E-state index in [0.717, 1.165) is 33.7 Å². The Kier molecular flexibility index (Phi) is 5.32. The second kappa shape index (κ2) is 8.11. The smallest absolute Gasteiger partial charge is 0.100 e. The lowest BCUT2D eigenvalue weighted by atomic mass is 10.2. The van der Waals surface area contributed by atoms with Crippen molar-refractivity contribution in [3.63, 3.8) is 0 Å². The van der Waals surface area contributed by atoms with Crippen molar-refractivity contribution in [2.45, 2.75) is 19.8 Å². The first-order valence-corrected chi connectivity index (χ1v) is 13.3. The van der Waals surface area contributed by atoms with E-state index in [9.17, 15) is 10.5 Å². The van der Waals surface area contributed by atoms with E-state index < -0.39 is 0 Å². The fourth-order valence-corrected chi connectivity index (χ4v) is 8.93. The lowest BCUT2D eigenvalue weighted by Gasteiger charge is -1.96. The number of nitriles is 2. The van der Waals surface area contributed by atoms with Gasteiger partial charge in [-0.05, 0) is 48.7 Å². The van der Waals surface area contributed by atoms with Crippen LogP contribution in [0.15, 0.2) is 41.8 Å². The van der Waals surface area contributed by atoms with Crippen LogP contribution in [0.5, 0.6) is 0 Å². The van der Waals surface area contributed by atoms with Crippen LogP contribution in [-0.4, -0.2) is 0 Å². The Balaban J connectivity index is 1.39. The highest BCUT2D eigenvalue weighted by molar-refractivity contribution is 7.28.